The van der Waals surface area contributed by atoms with E-state index in [1.54, 1.807) is 6.20 Å². The lowest BCUT2D eigenvalue weighted by Crippen LogP contribution is -2.31. The molecule has 5 nitrogen and oxygen atoms in total. The minimum Gasteiger partial charge on any atom is -0.352 e. The summed E-state index contributed by atoms with van der Waals surface area (Å²) in [5, 5.41) is 0.785. The Morgan fingerprint density at radius 2 is 2.11 bits per heavy atom. The number of halogens is 2. The molecule has 0 saturated heterocycles. The lowest BCUT2D eigenvalue weighted by Gasteiger charge is -2.31. The molecular formula is C20H18BrClN4O. The fourth-order valence-corrected chi connectivity index (χ4v) is 4.13. The number of nitrogens with zero attached hydrogens (tertiary/aromatic N) is 3. The van der Waals surface area contributed by atoms with E-state index in [0.717, 1.165) is 51.6 Å². The number of rotatable bonds is 3. The molecule has 0 atom stereocenters. The fraction of sp³-hybridized carbons (Fsp3) is 0.250. The van der Waals surface area contributed by atoms with E-state index in [-0.39, 0.29) is 5.56 Å². The quantitative estimate of drug-likeness (QED) is 0.650. The van der Waals surface area contributed by atoms with Crippen LogP contribution in [0.3, 0.4) is 0 Å². The third-order valence-electron chi connectivity index (χ3n) is 4.80. The van der Waals surface area contributed by atoms with Crippen molar-refractivity contribution in [1.29, 1.82) is 0 Å². The molecule has 1 N–H and O–H groups in total. The standard InChI is InChI=1S/C20H18BrClN4O/c1-2-13-9-19(27)25-20(24-13)12-3-6-18(23-10-12)26-8-7-14-15(11-26)17(22)5-4-16(14)21/h3-6,9-10H,2,7-8,11H2,1H3,(H,24,25,27). The van der Waals surface area contributed by atoms with E-state index in [1.807, 2.05) is 31.2 Å². The van der Waals surface area contributed by atoms with Crippen LogP contribution < -0.4 is 10.5 Å². The zero-order chi connectivity index (χ0) is 19.0. The third-order valence-corrected chi connectivity index (χ3v) is 5.90. The molecule has 3 heterocycles. The third kappa shape index (κ3) is 3.64. The molecule has 4 rings (SSSR count). The summed E-state index contributed by atoms with van der Waals surface area (Å²) in [5.74, 6) is 1.43. The van der Waals surface area contributed by atoms with Gasteiger partial charge in [-0.05, 0) is 48.2 Å². The number of fused-ring (bicyclic) bond motifs is 1. The van der Waals surface area contributed by atoms with Crippen LogP contribution in [0, 0.1) is 0 Å². The van der Waals surface area contributed by atoms with E-state index in [4.69, 9.17) is 11.6 Å². The first-order valence-electron chi connectivity index (χ1n) is 8.82. The van der Waals surface area contributed by atoms with Gasteiger partial charge in [-0.2, -0.15) is 0 Å². The molecule has 7 heteroatoms. The van der Waals surface area contributed by atoms with Gasteiger partial charge in [0, 0.05) is 46.1 Å². The first-order valence-corrected chi connectivity index (χ1v) is 9.99. The van der Waals surface area contributed by atoms with Gasteiger partial charge in [0.05, 0.1) is 0 Å². The molecule has 0 spiro atoms. The Balaban J connectivity index is 1.61. The summed E-state index contributed by atoms with van der Waals surface area (Å²) in [6.07, 6.45) is 3.38. The Kier molecular flexibility index (Phi) is 5.02. The van der Waals surface area contributed by atoms with E-state index in [1.165, 1.54) is 11.6 Å². The topological polar surface area (TPSA) is 61.9 Å². The van der Waals surface area contributed by atoms with Crippen LogP contribution >= 0.6 is 27.5 Å². The Morgan fingerprint density at radius 3 is 2.85 bits per heavy atom. The van der Waals surface area contributed by atoms with Crippen LogP contribution in [0.1, 0.15) is 23.7 Å². The van der Waals surface area contributed by atoms with Crippen molar-refractivity contribution in [2.75, 3.05) is 11.4 Å². The molecule has 2 aromatic heterocycles. The van der Waals surface area contributed by atoms with Gasteiger partial charge in [0.2, 0.25) is 0 Å². The van der Waals surface area contributed by atoms with Crippen molar-refractivity contribution < 1.29 is 0 Å². The largest absolute Gasteiger partial charge is 0.352 e. The number of H-pyrrole nitrogens is 1. The molecule has 0 amide bonds. The molecular weight excluding hydrogens is 428 g/mol. The summed E-state index contributed by atoms with van der Waals surface area (Å²) >= 11 is 10.0. The van der Waals surface area contributed by atoms with Crippen molar-refractivity contribution >= 4 is 33.3 Å². The summed E-state index contributed by atoms with van der Waals surface area (Å²) in [6, 6.07) is 9.36. The Morgan fingerprint density at radius 1 is 1.26 bits per heavy atom. The monoisotopic (exact) mass is 444 g/mol. The smallest absolute Gasteiger partial charge is 0.251 e. The van der Waals surface area contributed by atoms with Gasteiger partial charge >= 0.3 is 0 Å². The molecule has 0 radical (unpaired) electrons. The van der Waals surface area contributed by atoms with Gasteiger partial charge in [-0.3, -0.25) is 4.79 Å². The maximum absolute atomic E-state index is 11.8. The molecule has 0 aliphatic carbocycles. The first-order chi connectivity index (χ1) is 13.0. The SMILES string of the molecule is CCc1cc(=O)[nH]c(-c2ccc(N3CCc4c(Br)ccc(Cl)c4C3)nc2)n1. The van der Waals surface area contributed by atoms with Gasteiger partial charge in [0.25, 0.3) is 5.56 Å². The molecule has 138 valence electrons. The number of hydrogen-bond acceptors (Lipinski definition) is 4. The maximum atomic E-state index is 11.8. The number of aromatic amines is 1. The van der Waals surface area contributed by atoms with Crippen LogP contribution in [0.4, 0.5) is 5.82 Å². The lowest BCUT2D eigenvalue weighted by molar-refractivity contribution is 0.719. The molecule has 3 aromatic rings. The number of nitrogens with one attached hydrogen (secondary N) is 1. The summed E-state index contributed by atoms with van der Waals surface area (Å²) in [7, 11) is 0. The predicted molar refractivity (Wildman–Crippen MR) is 111 cm³/mol. The fourth-order valence-electron chi connectivity index (χ4n) is 3.33. The second kappa shape index (κ2) is 7.44. The highest BCUT2D eigenvalue weighted by molar-refractivity contribution is 9.10. The summed E-state index contributed by atoms with van der Waals surface area (Å²) in [6.45, 7) is 3.57. The van der Waals surface area contributed by atoms with Crippen LogP contribution in [0.5, 0.6) is 0 Å². The van der Waals surface area contributed by atoms with E-state index in [2.05, 4.69) is 35.8 Å². The van der Waals surface area contributed by atoms with E-state index < -0.39 is 0 Å². The van der Waals surface area contributed by atoms with E-state index >= 15 is 0 Å². The van der Waals surface area contributed by atoms with Gasteiger partial charge < -0.3 is 9.88 Å². The molecule has 1 aliphatic rings. The molecule has 0 saturated carbocycles. The van der Waals surface area contributed by atoms with E-state index in [9.17, 15) is 4.79 Å². The van der Waals surface area contributed by atoms with Crippen molar-refractivity contribution in [3.63, 3.8) is 0 Å². The van der Waals surface area contributed by atoms with Crippen LogP contribution in [-0.4, -0.2) is 21.5 Å². The number of pyridine rings is 1. The van der Waals surface area contributed by atoms with Gasteiger partial charge in [-0.15, -0.1) is 0 Å². The predicted octanol–water partition coefficient (Wildman–Crippen LogP) is 4.37. The van der Waals surface area contributed by atoms with E-state index in [0.29, 0.717) is 12.2 Å². The van der Waals surface area contributed by atoms with Crippen LogP contribution in [0.25, 0.3) is 11.4 Å². The normalized spacial score (nSPS) is 13.5. The van der Waals surface area contributed by atoms with Crippen molar-refractivity contribution in [3.05, 3.63) is 73.2 Å². The highest BCUT2D eigenvalue weighted by atomic mass is 79.9. The Hall–Kier alpha value is -2.18. The summed E-state index contributed by atoms with van der Waals surface area (Å²) in [5.41, 5.74) is 3.84. The van der Waals surface area contributed by atoms with Crippen LogP contribution in [-0.2, 0) is 19.4 Å². The number of benzene rings is 1. The summed E-state index contributed by atoms with van der Waals surface area (Å²) < 4.78 is 1.11. The zero-order valence-corrected chi connectivity index (χ0v) is 17.1. The van der Waals surface area contributed by atoms with Gasteiger partial charge in [-0.25, -0.2) is 9.97 Å². The highest BCUT2D eigenvalue weighted by Crippen LogP contribution is 2.33. The van der Waals surface area contributed by atoms with Crippen molar-refractivity contribution in [2.24, 2.45) is 0 Å². The molecule has 27 heavy (non-hydrogen) atoms. The first kappa shape index (κ1) is 18.2. The second-order valence-electron chi connectivity index (χ2n) is 6.50. The van der Waals surface area contributed by atoms with Gasteiger partial charge in [-0.1, -0.05) is 34.5 Å². The number of hydrogen-bond donors (Lipinski definition) is 1. The summed E-state index contributed by atoms with van der Waals surface area (Å²) in [4.78, 5) is 25.9. The number of aromatic nitrogens is 3. The van der Waals surface area contributed by atoms with Crippen LogP contribution in [0.2, 0.25) is 5.02 Å². The number of anilines is 1. The Bertz CT molecular complexity index is 1050. The van der Waals surface area contributed by atoms with Crippen molar-refractivity contribution in [2.45, 2.75) is 26.3 Å². The molecule has 1 aromatic carbocycles. The molecule has 0 fully saturated rings. The van der Waals surface area contributed by atoms with Gasteiger partial charge in [0.15, 0.2) is 0 Å². The zero-order valence-electron chi connectivity index (χ0n) is 14.8. The molecule has 1 aliphatic heterocycles. The maximum Gasteiger partial charge on any atom is 0.251 e. The van der Waals surface area contributed by atoms with Crippen molar-refractivity contribution in [3.8, 4) is 11.4 Å². The average molecular weight is 446 g/mol. The molecule has 0 unspecified atom stereocenters. The average Bonchev–Trinajstić information content (AvgIpc) is 2.70. The van der Waals surface area contributed by atoms with Crippen LogP contribution in [0.15, 0.2) is 45.8 Å². The highest BCUT2D eigenvalue weighted by Gasteiger charge is 2.21. The van der Waals surface area contributed by atoms with Gasteiger partial charge in [0.1, 0.15) is 11.6 Å². The van der Waals surface area contributed by atoms with Crippen molar-refractivity contribution in [1.82, 2.24) is 15.0 Å². The second-order valence-corrected chi connectivity index (χ2v) is 7.76. The minimum atomic E-state index is -0.145. The minimum absolute atomic E-state index is 0.145. The number of aryl methyl sites for hydroxylation is 1. The lowest BCUT2D eigenvalue weighted by atomic mass is 9.99. The Labute approximate surface area is 170 Å². The molecule has 0 bridgehead atoms.